The van der Waals surface area contributed by atoms with Gasteiger partial charge in [0.15, 0.2) is 0 Å². The van der Waals surface area contributed by atoms with Crippen LogP contribution in [-0.4, -0.2) is 210 Å². The third-order valence-electron chi connectivity index (χ3n) is 17.8. The van der Waals surface area contributed by atoms with Gasteiger partial charge in [-0.1, -0.05) is 100.0 Å². The summed E-state index contributed by atoms with van der Waals surface area (Å²) in [5, 5.41) is 60.0. The SMILES string of the molecule is CC(=O)N[C@H](Cc1ccc2ccccc2c1)C(=O)N[C@H](Cc1ccc(Cl)cc1)C(=O)N[C@H](Cc1cccnc1)C(=O)N[C@@H](CO)C(=O)N[C@@H](CCCNc1n[nH]c(N)n1)C(=O)N[C@H](CCCNc1n[nH]c(N)n1)C(=O)N[C@@H](CC(C)C)C(=O)N[C@@H](CCCCNC(C)C)C(=O)N1CCC[C@H]1C(=O)N[C@H](C)C(N)=O. The van der Waals surface area contributed by atoms with E-state index in [-0.39, 0.29) is 120 Å². The number of fused-ring (bicyclic) bond motifs is 1. The fourth-order valence-corrected chi connectivity index (χ4v) is 12.3. The number of aliphatic hydroxyl groups excluding tert-OH is 1. The minimum absolute atomic E-state index is 0.0119. The fourth-order valence-electron chi connectivity index (χ4n) is 12.2. The van der Waals surface area contributed by atoms with E-state index < -0.39 is 132 Å². The zero-order chi connectivity index (χ0) is 78.4. The van der Waals surface area contributed by atoms with Crippen LogP contribution in [0.3, 0.4) is 0 Å². The number of pyridine rings is 1. The lowest BCUT2D eigenvalue weighted by Gasteiger charge is -2.31. The van der Waals surface area contributed by atoms with Crippen molar-refractivity contribution < 1.29 is 57.8 Å². The molecule has 0 unspecified atom stereocenters. The highest BCUT2D eigenvalue weighted by molar-refractivity contribution is 6.30. The summed E-state index contributed by atoms with van der Waals surface area (Å²) in [6.07, 6.45) is 4.60. The maximum absolute atomic E-state index is 15.0. The van der Waals surface area contributed by atoms with Gasteiger partial charge in [-0.3, -0.25) is 57.7 Å². The number of H-pyrrole nitrogens is 2. The summed E-state index contributed by atoms with van der Waals surface area (Å²) >= 11 is 6.25. The van der Waals surface area contributed by atoms with Crippen LogP contribution in [0.15, 0.2) is 91.3 Å². The first-order valence-electron chi connectivity index (χ1n) is 36.2. The summed E-state index contributed by atoms with van der Waals surface area (Å²) < 4.78 is 0. The van der Waals surface area contributed by atoms with Gasteiger partial charge in [-0.2, -0.15) is 9.97 Å². The zero-order valence-corrected chi connectivity index (χ0v) is 62.3. The van der Waals surface area contributed by atoms with Crippen LogP contribution in [-0.2, 0) is 72.0 Å². The number of carbonyl (C=O) groups is 11. The lowest BCUT2D eigenvalue weighted by atomic mass is 9.99. The molecular weight excluding hydrogens is 1410 g/mol. The summed E-state index contributed by atoms with van der Waals surface area (Å²) in [6.45, 7) is 10.3. The molecule has 11 amide bonds. The molecule has 3 aromatic carbocycles. The molecule has 36 heteroatoms. The maximum Gasteiger partial charge on any atom is 0.245 e. The number of benzene rings is 3. The first-order valence-corrected chi connectivity index (χ1v) is 36.6. The number of hydrogen-bond donors (Lipinski definition) is 18. The number of carbonyl (C=O) groups excluding carboxylic acids is 11. The van der Waals surface area contributed by atoms with Crippen LogP contribution >= 0.6 is 11.6 Å². The molecule has 1 saturated heterocycles. The van der Waals surface area contributed by atoms with E-state index in [1.165, 1.54) is 31.1 Å². The Hall–Kier alpha value is -11.1. The molecule has 21 N–H and O–H groups in total. The number of amides is 11. The van der Waals surface area contributed by atoms with Crippen LogP contribution < -0.4 is 81.0 Å². The molecule has 35 nitrogen and oxygen atoms in total. The van der Waals surface area contributed by atoms with Crippen molar-refractivity contribution >= 4 is 111 Å². The minimum atomic E-state index is -1.81. The lowest BCUT2D eigenvalue weighted by Crippen LogP contribution is -2.61. The predicted octanol–water partition coefficient (Wildman–Crippen LogP) is 0.187. The van der Waals surface area contributed by atoms with Gasteiger partial charge in [-0.25, -0.2) is 10.2 Å². The Balaban J connectivity index is 1.13. The first kappa shape index (κ1) is 84.2. The largest absolute Gasteiger partial charge is 0.394 e. The van der Waals surface area contributed by atoms with E-state index in [2.05, 4.69) is 99.1 Å². The predicted molar refractivity (Wildman–Crippen MR) is 404 cm³/mol. The van der Waals surface area contributed by atoms with Crippen molar-refractivity contribution in [3.05, 3.63) is 113 Å². The molecule has 1 aliphatic rings. The molecule has 1 aliphatic heterocycles. The highest BCUT2D eigenvalue weighted by Gasteiger charge is 2.40. The van der Waals surface area contributed by atoms with Crippen LogP contribution in [0, 0.1) is 5.92 Å². The van der Waals surface area contributed by atoms with Crippen LogP contribution in [0.5, 0.6) is 0 Å². The molecule has 7 rings (SSSR count). The molecule has 3 aromatic heterocycles. The Morgan fingerprint density at radius 1 is 0.556 bits per heavy atom. The number of anilines is 4. The van der Waals surface area contributed by atoms with Crippen molar-refractivity contribution in [1.29, 1.82) is 0 Å². The van der Waals surface area contributed by atoms with E-state index in [1.807, 2.05) is 70.2 Å². The third kappa shape index (κ3) is 27.4. The number of nitrogens with zero attached hydrogens (tertiary/aromatic N) is 6. The molecular formula is C72H102ClN23O12. The summed E-state index contributed by atoms with van der Waals surface area (Å²) in [7, 11) is 0. The van der Waals surface area contributed by atoms with E-state index in [4.69, 9.17) is 28.8 Å². The van der Waals surface area contributed by atoms with Crippen molar-refractivity contribution in [3.63, 3.8) is 0 Å². The highest BCUT2D eigenvalue weighted by Crippen LogP contribution is 2.23. The Morgan fingerprint density at radius 3 is 1.59 bits per heavy atom. The van der Waals surface area contributed by atoms with Gasteiger partial charge in [-0.15, -0.1) is 10.2 Å². The first-order chi connectivity index (χ1) is 51.6. The molecule has 10 atom stereocenters. The van der Waals surface area contributed by atoms with E-state index in [0.717, 1.165) is 10.8 Å². The van der Waals surface area contributed by atoms with Crippen molar-refractivity contribution in [1.82, 2.24) is 93.4 Å². The number of nitrogens with two attached hydrogens (primary N) is 3. The Kier molecular flexibility index (Phi) is 33.0. The standard InChI is InChI=1S/C72H102ClN23O12/c1-40(2)33-53(62(102)85-52(18-9-10-29-78-41(3)4)68(108)96-32-14-21-58(96)67(107)81-42(5)59(74)99)86-61(101)51(20-13-31-80-72-91-70(76)93-95-72)83-60(100)50(19-12-30-79-71-90-69(75)92-94-71)84-66(106)57(39-97)89-65(105)56(37-46-15-11-28-77-38-46)88-64(104)55(35-44-23-26-49(73)27-24-44)87-63(103)54(82-43(6)98)36-45-22-25-47-16-7-8-17-48(47)34-45/h7-8,11,15-17,22-28,34,38,40-42,50-58,78,97H,9-10,12-14,18-21,29-33,35-37,39H2,1-6H3,(H2,74,99)(H,81,107)(H,82,98)(H,83,100)(H,84,106)(H,85,102)(H,86,101)(H,87,103)(H,88,104)(H,89,105)(H4,75,79,90,92,94)(H4,76,80,91,93,95)/t42-,50+,51-,52+,53+,54-,55-,56-,57+,58+/m1/s1. The number of halogens is 1. The van der Waals surface area contributed by atoms with Gasteiger partial charge in [0, 0.05) is 69.3 Å². The van der Waals surface area contributed by atoms with Gasteiger partial charge in [0.1, 0.15) is 60.4 Å². The lowest BCUT2D eigenvalue weighted by molar-refractivity contribution is -0.142. The molecule has 584 valence electrons. The Bertz CT molecular complexity index is 4000. The summed E-state index contributed by atoms with van der Waals surface area (Å²) in [5.41, 5.74) is 18.7. The molecule has 0 saturated carbocycles. The van der Waals surface area contributed by atoms with Gasteiger partial charge in [0.25, 0.3) is 0 Å². The van der Waals surface area contributed by atoms with Gasteiger partial charge >= 0.3 is 0 Å². The summed E-state index contributed by atoms with van der Waals surface area (Å²) in [4.78, 5) is 170. The average Bonchev–Trinajstić information content (AvgIpc) is 1.56. The topological polar surface area (TPSA) is 530 Å². The number of likely N-dealkylation sites (tertiary alicyclic amines) is 1. The molecule has 0 aliphatic carbocycles. The van der Waals surface area contributed by atoms with E-state index in [9.17, 15) is 53.1 Å². The monoisotopic (exact) mass is 1520 g/mol. The molecule has 6 aromatic rings. The van der Waals surface area contributed by atoms with Crippen LogP contribution in [0.1, 0.15) is 122 Å². The van der Waals surface area contributed by atoms with Gasteiger partial charge in [-0.05, 0) is 129 Å². The highest BCUT2D eigenvalue weighted by atomic mass is 35.5. The second-order valence-electron chi connectivity index (χ2n) is 27.4. The fraction of sp³-hybridized carbons (Fsp3) is 0.500. The number of aromatic amines is 2. The number of nitrogens with one attached hydrogen (secondary N) is 14. The van der Waals surface area contributed by atoms with Crippen molar-refractivity contribution in [2.24, 2.45) is 11.7 Å². The van der Waals surface area contributed by atoms with E-state index in [1.54, 1.807) is 36.4 Å². The number of rotatable bonds is 44. The Morgan fingerprint density at radius 2 is 1.06 bits per heavy atom. The smallest absolute Gasteiger partial charge is 0.245 e. The van der Waals surface area contributed by atoms with Crippen LogP contribution in [0.25, 0.3) is 10.8 Å². The summed E-state index contributed by atoms with van der Waals surface area (Å²) in [6, 6.07) is 9.76. The third-order valence-corrected chi connectivity index (χ3v) is 18.0. The number of hydrogen-bond acceptors (Lipinski definition) is 22. The van der Waals surface area contributed by atoms with Crippen molar-refractivity contribution in [3.8, 4) is 0 Å². The summed E-state index contributed by atoms with van der Waals surface area (Å²) in [5.74, 6) is -8.51. The van der Waals surface area contributed by atoms with Crippen molar-refractivity contribution in [2.45, 2.75) is 191 Å². The molecule has 0 spiro atoms. The molecule has 4 heterocycles. The molecule has 0 bridgehead atoms. The van der Waals surface area contributed by atoms with Crippen molar-refractivity contribution in [2.75, 3.05) is 54.9 Å². The normalized spacial score (nSPS) is 15.2. The van der Waals surface area contributed by atoms with Gasteiger partial charge < -0.3 is 91.0 Å². The second-order valence-corrected chi connectivity index (χ2v) is 27.9. The average molecular weight is 1520 g/mol. The number of unbranched alkanes of at least 4 members (excludes halogenated alkanes) is 1. The maximum atomic E-state index is 15.0. The van der Waals surface area contributed by atoms with E-state index in [0.29, 0.717) is 47.5 Å². The van der Waals surface area contributed by atoms with E-state index >= 15 is 4.79 Å². The second kappa shape index (κ2) is 42.3. The molecule has 1 fully saturated rings. The van der Waals surface area contributed by atoms with Crippen LogP contribution in [0.4, 0.5) is 23.8 Å². The zero-order valence-electron chi connectivity index (χ0n) is 61.5. The molecule has 0 radical (unpaired) electrons. The van der Waals surface area contributed by atoms with Gasteiger partial charge in [0.05, 0.1) is 6.61 Å². The number of primary amides is 1. The molecule has 108 heavy (non-hydrogen) atoms. The van der Waals surface area contributed by atoms with Crippen LogP contribution in [0.2, 0.25) is 5.02 Å². The van der Waals surface area contributed by atoms with Gasteiger partial charge in [0.2, 0.25) is 88.8 Å². The minimum Gasteiger partial charge on any atom is -0.394 e. The number of aliphatic hydroxyl groups is 1. The number of nitrogen functional groups attached to an aromatic ring is 2. The number of aromatic nitrogens is 7. The Labute approximate surface area is 630 Å². The quantitative estimate of drug-likeness (QED) is 0.0227.